The Morgan fingerprint density at radius 1 is 1.21 bits per heavy atom. The van der Waals surface area contributed by atoms with Crippen LogP contribution in [0.2, 0.25) is 5.02 Å². The van der Waals surface area contributed by atoms with Gasteiger partial charge in [-0.3, -0.25) is 9.59 Å². The quantitative estimate of drug-likeness (QED) is 0.583. The van der Waals surface area contributed by atoms with Crippen LogP contribution in [-0.2, 0) is 20.9 Å². The van der Waals surface area contributed by atoms with Crippen LogP contribution in [0.3, 0.4) is 0 Å². The fourth-order valence-corrected chi connectivity index (χ4v) is 3.36. The summed E-state index contributed by atoms with van der Waals surface area (Å²) in [6, 6.07) is 16.6. The van der Waals surface area contributed by atoms with Crippen molar-refractivity contribution in [3.05, 3.63) is 70.9 Å². The zero-order valence-corrected chi connectivity index (χ0v) is 16.6. The third-order valence-electron chi connectivity index (χ3n) is 4.85. The smallest absolute Gasteiger partial charge is 0.311 e. The van der Waals surface area contributed by atoms with Crippen LogP contribution in [0.15, 0.2) is 59.1 Å². The Balaban J connectivity index is 1.35. The molecule has 2 heterocycles. The molecular formula is C22H19ClN2O4. The number of hydrogen-bond acceptors (Lipinski definition) is 5. The van der Waals surface area contributed by atoms with Crippen LogP contribution in [0.1, 0.15) is 17.7 Å². The summed E-state index contributed by atoms with van der Waals surface area (Å²) in [7, 11) is 0. The van der Waals surface area contributed by atoms with E-state index in [9.17, 15) is 9.59 Å². The molecule has 0 bridgehead atoms. The van der Waals surface area contributed by atoms with Gasteiger partial charge >= 0.3 is 5.97 Å². The molecule has 1 saturated heterocycles. The second kappa shape index (κ2) is 8.09. The van der Waals surface area contributed by atoms with Crippen molar-refractivity contribution in [2.75, 3.05) is 11.4 Å². The fourth-order valence-electron chi connectivity index (χ4n) is 3.23. The topological polar surface area (TPSA) is 72.6 Å². The number of esters is 1. The van der Waals surface area contributed by atoms with E-state index in [1.165, 1.54) is 0 Å². The minimum Gasteiger partial charge on any atom is -0.459 e. The molecular weight excluding hydrogens is 392 g/mol. The Hall–Kier alpha value is -3.12. The van der Waals surface area contributed by atoms with E-state index in [-0.39, 0.29) is 25.5 Å². The van der Waals surface area contributed by atoms with Gasteiger partial charge in [-0.15, -0.1) is 0 Å². The largest absolute Gasteiger partial charge is 0.459 e. The summed E-state index contributed by atoms with van der Waals surface area (Å²) in [5.41, 5.74) is 3.29. The van der Waals surface area contributed by atoms with Crippen molar-refractivity contribution in [2.45, 2.75) is 20.0 Å². The van der Waals surface area contributed by atoms with E-state index in [1.807, 2.05) is 31.2 Å². The van der Waals surface area contributed by atoms with Gasteiger partial charge in [0.15, 0.2) is 5.76 Å². The molecule has 1 unspecified atom stereocenters. The monoisotopic (exact) mass is 410 g/mol. The predicted octanol–water partition coefficient (Wildman–Crippen LogP) is 4.40. The van der Waals surface area contributed by atoms with Crippen molar-refractivity contribution in [1.29, 1.82) is 0 Å². The highest BCUT2D eigenvalue weighted by Gasteiger charge is 2.36. The maximum absolute atomic E-state index is 12.4. The zero-order chi connectivity index (χ0) is 20.4. The first-order chi connectivity index (χ1) is 14.0. The van der Waals surface area contributed by atoms with Crippen LogP contribution >= 0.6 is 11.6 Å². The number of aromatic nitrogens is 1. The molecule has 1 fully saturated rings. The number of carbonyl (C=O) groups excluding carboxylic acids is 2. The van der Waals surface area contributed by atoms with Crippen molar-refractivity contribution < 1.29 is 18.8 Å². The number of nitrogens with zero attached hydrogens (tertiary/aromatic N) is 2. The Labute approximate surface area is 173 Å². The molecule has 1 amide bonds. The van der Waals surface area contributed by atoms with Gasteiger partial charge in [-0.05, 0) is 31.2 Å². The molecule has 1 aliphatic heterocycles. The second-order valence-electron chi connectivity index (χ2n) is 7.04. The van der Waals surface area contributed by atoms with E-state index < -0.39 is 11.9 Å². The van der Waals surface area contributed by atoms with Crippen molar-refractivity contribution >= 4 is 29.2 Å². The summed E-state index contributed by atoms with van der Waals surface area (Å²) in [6.07, 6.45) is 0.120. The molecule has 0 radical (unpaired) electrons. The average molecular weight is 411 g/mol. The van der Waals surface area contributed by atoms with Gasteiger partial charge in [0.2, 0.25) is 5.91 Å². The highest BCUT2D eigenvalue weighted by molar-refractivity contribution is 6.30. The van der Waals surface area contributed by atoms with Crippen molar-refractivity contribution in [3.63, 3.8) is 0 Å². The van der Waals surface area contributed by atoms with E-state index in [0.717, 1.165) is 11.1 Å². The van der Waals surface area contributed by atoms with Crippen molar-refractivity contribution in [2.24, 2.45) is 5.92 Å². The van der Waals surface area contributed by atoms with Crippen LogP contribution in [0.5, 0.6) is 0 Å². The van der Waals surface area contributed by atoms with Crippen LogP contribution < -0.4 is 4.90 Å². The third kappa shape index (κ3) is 4.32. The lowest BCUT2D eigenvalue weighted by molar-refractivity contribution is -0.149. The standard InChI is InChI=1S/C22H19ClN2O4/c1-14-2-4-15(5-3-14)20-11-18(24-29-20)13-28-22(27)16-10-21(26)25(12-16)19-8-6-17(23)7-9-19/h2-9,11,16H,10,12-13H2,1H3. The first-order valence-electron chi connectivity index (χ1n) is 9.25. The summed E-state index contributed by atoms with van der Waals surface area (Å²) in [5, 5.41) is 4.55. The third-order valence-corrected chi connectivity index (χ3v) is 5.11. The second-order valence-corrected chi connectivity index (χ2v) is 7.47. The van der Waals surface area contributed by atoms with Gasteiger partial charge < -0.3 is 14.2 Å². The Morgan fingerprint density at radius 3 is 2.66 bits per heavy atom. The molecule has 29 heavy (non-hydrogen) atoms. The maximum Gasteiger partial charge on any atom is 0.311 e. The van der Waals surface area contributed by atoms with Gasteiger partial charge in [0.1, 0.15) is 12.3 Å². The highest BCUT2D eigenvalue weighted by Crippen LogP contribution is 2.27. The van der Waals surface area contributed by atoms with E-state index in [0.29, 0.717) is 22.2 Å². The Morgan fingerprint density at radius 2 is 1.93 bits per heavy atom. The van der Waals surface area contributed by atoms with Gasteiger partial charge in [0, 0.05) is 35.3 Å². The minimum atomic E-state index is -0.512. The molecule has 6 nitrogen and oxygen atoms in total. The van der Waals surface area contributed by atoms with Crippen LogP contribution in [0.25, 0.3) is 11.3 Å². The van der Waals surface area contributed by atoms with Gasteiger partial charge in [-0.25, -0.2) is 0 Å². The lowest BCUT2D eigenvalue weighted by Crippen LogP contribution is -2.26. The number of benzene rings is 2. The number of aryl methyl sites for hydroxylation is 1. The van der Waals surface area contributed by atoms with E-state index in [2.05, 4.69) is 5.16 Å². The molecule has 0 spiro atoms. The Kier molecular flexibility index (Phi) is 5.36. The molecule has 7 heteroatoms. The SMILES string of the molecule is Cc1ccc(-c2cc(COC(=O)C3CC(=O)N(c4ccc(Cl)cc4)C3)no2)cc1. The lowest BCUT2D eigenvalue weighted by Gasteiger charge is -2.16. The number of ether oxygens (including phenoxy) is 1. The predicted molar refractivity (Wildman–Crippen MR) is 108 cm³/mol. The van der Waals surface area contributed by atoms with E-state index in [4.69, 9.17) is 20.9 Å². The molecule has 148 valence electrons. The van der Waals surface area contributed by atoms with Gasteiger partial charge in [0.05, 0.1) is 5.92 Å². The molecule has 1 aliphatic rings. The molecule has 2 aromatic carbocycles. The van der Waals surface area contributed by atoms with E-state index in [1.54, 1.807) is 35.2 Å². The van der Waals surface area contributed by atoms with Crippen molar-refractivity contribution in [1.82, 2.24) is 5.16 Å². The number of amides is 1. The Bertz CT molecular complexity index is 1030. The number of hydrogen-bond donors (Lipinski definition) is 0. The summed E-state index contributed by atoms with van der Waals surface area (Å²) >= 11 is 5.89. The molecule has 4 rings (SSSR count). The number of anilines is 1. The molecule has 0 N–H and O–H groups in total. The maximum atomic E-state index is 12.4. The highest BCUT2D eigenvalue weighted by atomic mass is 35.5. The van der Waals surface area contributed by atoms with Gasteiger partial charge in [-0.1, -0.05) is 46.6 Å². The van der Waals surface area contributed by atoms with Gasteiger partial charge in [0.25, 0.3) is 0 Å². The number of carbonyl (C=O) groups is 2. The minimum absolute atomic E-state index is 0.000169. The zero-order valence-electron chi connectivity index (χ0n) is 15.8. The fraction of sp³-hybridized carbons (Fsp3) is 0.227. The number of rotatable bonds is 5. The summed E-state index contributed by atoms with van der Waals surface area (Å²) in [6.45, 7) is 2.30. The van der Waals surface area contributed by atoms with Gasteiger partial charge in [-0.2, -0.15) is 0 Å². The molecule has 1 aromatic heterocycles. The average Bonchev–Trinajstić information content (AvgIpc) is 3.34. The summed E-state index contributed by atoms with van der Waals surface area (Å²) in [4.78, 5) is 26.3. The first-order valence-corrected chi connectivity index (χ1v) is 9.62. The molecule has 1 atom stereocenters. The normalized spacial score (nSPS) is 16.3. The van der Waals surface area contributed by atoms with Crippen molar-refractivity contribution in [3.8, 4) is 11.3 Å². The summed E-state index contributed by atoms with van der Waals surface area (Å²) < 4.78 is 10.7. The molecule has 0 saturated carbocycles. The molecule has 0 aliphatic carbocycles. The summed E-state index contributed by atoms with van der Waals surface area (Å²) in [5.74, 6) is -0.435. The van der Waals surface area contributed by atoms with Crippen LogP contribution in [0, 0.1) is 12.8 Å². The van der Waals surface area contributed by atoms with Crippen LogP contribution in [-0.4, -0.2) is 23.6 Å². The van der Waals surface area contributed by atoms with Crippen LogP contribution in [0.4, 0.5) is 5.69 Å². The van der Waals surface area contributed by atoms with E-state index >= 15 is 0 Å². The lowest BCUT2D eigenvalue weighted by atomic mass is 10.1. The first kappa shape index (κ1) is 19.2. The number of halogens is 1. The molecule has 3 aromatic rings.